The molecule has 0 bridgehead atoms. The van der Waals surface area contributed by atoms with Gasteiger partial charge in [-0.15, -0.1) is 11.3 Å². The van der Waals surface area contributed by atoms with Gasteiger partial charge in [-0.3, -0.25) is 14.9 Å². The van der Waals surface area contributed by atoms with Crippen LogP contribution in [0.15, 0.2) is 46.4 Å². The van der Waals surface area contributed by atoms with E-state index in [1.165, 1.54) is 17.6 Å². The second kappa shape index (κ2) is 8.64. The van der Waals surface area contributed by atoms with Gasteiger partial charge >= 0.3 is 0 Å². The van der Waals surface area contributed by atoms with Crippen LogP contribution in [0.5, 0.6) is 0 Å². The minimum atomic E-state index is -0.897. The van der Waals surface area contributed by atoms with Gasteiger partial charge in [0, 0.05) is 18.5 Å². The normalized spacial score (nSPS) is 15.6. The summed E-state index contributed by atoms with van der Waals surface area (Å²) in [6.45, 7) is 4.71. The van der Waals surface area contributed by atoms with Crippen LogP contribution in [0.1, 0.15) is 45.8 Å². The summed E-state index contributed by atoms with van der Waals surface area (Å²) in [5, 5.41) is 16.1. The predicted octanol–water partition coefficient (Wildman–Crippen LogP) is 3.66. The number of likely N-dealkylation sites (tertiary alicyclic amines) is 1. The monoisotopic (exact) mass is 439 g/mol. The van der Waals surface area contributed by atoms with Crippen molar-refractivity contribution in [3.8, 4) is 0 Å². The number of rotatable bonds is 5. The maximum atomic E-state index is 12.8. The van der Waals surface area contributed by atoms with Crippen molar-refractivity contribution >= 4 is 28.3 Å². The number of nitrogens with one attached hydrogen (secondary N) is 1. The molecule has 1 saturated heterocycles. The maximum absolute atomic E-state index is 12.8. The Kier molecular flexibility index (Phi) is 5.93. The van der Waals surface area contributed by atoms with Crippen molar-refractivity contribution in [3.63, 3.8) is 0 Å². The predicted molar refractivity (Wildman–Crippen MR) is 118 cm³/mol. The lowest BCUT2D eigenvalue weighted by atomic mass is 9.82. The van der Waals surface area contributed by atoms with Crippen LogP contribution in [0.3, 0.4) is 0 Å². The topological polar surface area (TPSA) is 95.7 Å². The number of hydrogen-bond acceptors (Lipinski definition) is 6. The number of piperidine rings is 1. The molecule has 1 fully saturated rings. The molecule has 4 rings (SSSR count). The lowest BCUT2D eigenvalue weighted by Crippen LogP contribution is -2.46. The van der Waals surface area contributed by atoms with Crippen LogP contribution < -0.4 is 5.32 Å². The molecule has 162 valence electrons. The Morgan fingerprint density at radius 1 is 1.23 bits per heavy atom. The summed E-state index contributed by atoms with van der Waals surface area (Å²) in [6, 6.07) is 9.46. The van der Waals surface area contributed by atoms with Gasteiger partial charge in [0.15, 0.2) is 5.13 Å². The summed E-state index contributed by atoms with van der Waals surface area (Å²) < 4.78 is 5.15. The number of amides is 2. The molecule has 0 spiro atoms. The molecule has 1 aromatic carbocycles. The zero-order chi connectivity index (χ0) is 22.0. The molecule has 1 aliphatic rings. The molecule has 7 nitrogen and oxygen atoms in total. The van der Waals surface area contributed by atoms with E-state index in [0.29, 0.717) is 48.1 Å². The van der Waals surface area contributed by atoms with Crippen molar-refractivity contribution in [2.75, 3.05) is 18.4 Å². The zero-order valence-electron chi connectivity index (χ0n) is 17.6. The SMILES string of the molecule is Cc1ccccc1C1(O)CCN(C(=O)Cc2csc(NC(=O)c3ccoc3C)n2)CC1. The first-order valence-corrected chi connectivity index (χ1v) is 11.1. The number of furan rings is 1. The molecule has 31 heavy (non-hydrogen) atoms. The van der Waals surface area contributed by atoms with E-state index in [-0.39, 0.29) is 18.2 Å². The molecular formula is C23H25N3O4S. The van der Waals surface area contributed by atoms with Gasteiger partial charge in [0.1, 0.15) is 5.76 Å². The number of carbonyl (C=O) groups is 2. The largest absolute Gasteiger partial charge is 0.469 e. The van der Waals surface area contributed by atoms with Crippen LogP contribution in [0.25, 0.3) is 0 Å². The first-order valence-electron chi connectivity index (χ1n) is 10.2. The minimum absolute atomic E-state index is 0.0271. The molecule has 2 amide bonds. The molecule has 8 heteroatoms. The Morgan fingerprint density at radius 2 is 1.97 bits per heavy atom. The minimum Gasteiger partial charge on any atom is -0.469 e. The number of nitrogens with zero attached hydrogens (tertiary/aromatic N) is 2. The van der Waals surface area contributed by atoms with Crippen molar-refractivity contribution in [1.82, 2.24) is 9.88 Å². The summed E-state index contributed by atoms with van der Waals surface area (Å²) >= 11 is 1.28. The molecule has 0 unspecified atom stereocenters. The number of thiazole rings is 1. The highest BCUT2D eigenvalue weighted by Crippen LogP contribution is 2.34. The Labute approximate surface area is 184 Å². The molecule has 3 heterocycles. The molecule has 0 radical (unpaired) electrons. The zero-order valence-corrected chi connectivity index (χ0v) is 18.4. The number of aromatic nitrogens is 1. The fourth-order valence-corrected chi connectivity index (χ4v) is 4.69. The van der Waals surface area contributed by atoms with E-state index in [1.807, 2.05) is 31.2 Å². The van der Waals surface area contributed by atoms with E-state index >= 15 is 0 Å². The number of aryl methyl sites for hydroxylation is 2. The summed E-state index contributed by atoms with van der Waals surface area (Å²) in [4.78, 5) is 31.2. The van der Waals surface area contributed by atoms with Gasteiger partial charge in [-0.2, -0.15) is 0 Å². The van der Waals surface area contributed by atoms with Gasteiger partial charge < -0.3 is 14.4 Å². The molecule has 0 saturated carbocycles. The lowest BCUT2D eigenvalue weighted by Gasteiger charge is -2.39. The number of aliphatic hydroxyl groups is 1. The van der Waals surface area contributed by atoms with E-state index in [0.717, 1.165) is 11.1 Å². The fourth-order valence-electron chi connectivity index (χ4n) is 3.99. The Balaban J connectivity index is 1.33. The van der Waals surface area contributed by atoms with Gasteiger partial charge in [-0.05, 0) is 43.9 Å². The van der Waals surface area contributed by atoms with E-state index < -0.39 is 5.60 Å². The second-order valence-electron chi connectivity index (χ2n) is 7.89. The average molecular weight is 440 g/mol. The molecule has 3 aromatic rings. The molecular weight excluding hydrogens is 414 g/mol. The third kappa shape index (κ3) is 4.55. The highest BCUT2D eigenvalue weighted by atomic mass is 32.1. The third-order valence-corrected chi connectivity index (χ3v) is 6.60. The molecule has 2 N–H and O–H groups in total. The van der Waals surface area contributed by atoms with Gasteiger partial charge in [0.2, 0.25) is 5.91 Å². The molecule has 2 aromatic heterocycles. The van der Waals surface area contributed by atoms with E-state index in [1.54, 1.807) is 23.3 Å². The number of hydrogen-bond donors (Lipinski definition) is 2. The highest BCUT2D eigenvalue weighted by molar-refractivity contribution is 7.14. The summed E-state index contributed by atoms with van der Waals surface area (Å²) in [5.41, 5.74) is 2.18. The van der Waals surface area contributed by atoms with E-state index in [2.05, 4.69) is 10.3 Å². The number of benzene rings is 1. The van der Waals surface area contributed by atoms with Crippen LogP contribution in [-0.2, 0) is 16.8 Å². The van der Waals surface area contributed by atoms with E-state index in [4.69, 9.17) is 4.42 Å². The highest BCUT2D eigenvalue weighted by Gasteiger charge is 2.36. The smallest absolute Gasteiger partial charge is 0.260 e. The fraction of sp³-hybridized carbons (Fsp3) is 0.348. The van der Waals surface area contributed by atoms with Gasteiger partial charge in [0.05, 0.1) is 29.5 Å². The third-order valence-electron chi connectivity index (χ3n) is 5.80. The van der Waals surface area contributed by atoms with Crippen molar-refractivity contribution in [3.05, 3.63) is 70.1 Å². The number of anilines is 1. The van der Waals surface area contributed by atoms with Crippen molar-refractivity contribution in [2.24, 2.45) is 0 Å². The van der Waals surface area contributed by atoms with Crippen molar-refractivity contribution < 1.29 is 19.1 Å². The van der Waals surface area contributed by atoms with Gasteiger partial charge in [-0.1, -0.05) is 24.3 Å². The Bertz CT molecular complexity index is 1100. The Hall–Kier alpha value is -2.97. The van der Waals surface area contributed by atoms with Crippen LogP contribution >= 0.6 is 11.3 Å². The van der Waals surface area contributed by atoms with Crippen molar-refractivity contribution in [2.45, 2.75) is 38.7 Å². The van der Waals surface area contributed by atoms with Crippen LogP contribution in [0.2, 0.25) is 0 Å². The number of carbonyl (C=O) groups excluding carboxylic acids is 2. The summed E-state index contributed by atoms with van der Waals surface area (Å²) in [7, 11) is 0. The first-order chi connectivity index (χ1) is 14.9. The average Bonchev–Trinajstić information content (AvgIpc) is 3.37. The van der Waals surface area contributed by atoms with Crippen LogP contribution in [0, 0.1) is 13.8 Å². The summed E-state index contributed by atoms with van der Waals surface area (Å²) in [6.07, 6.45) is 2.65. The molecule has 0 atom stereocenters. The Morgan fingerprint density at radius 3 is 2.65 bits per heavy atom. The van der Waals surface area contributed by atoms with E-state index in [9.17, 15) is 14.7 Å². The maximum Gasteiger partial charge on any atom is 0.260 e. The van der Waals surface area contributed by atoms with Crippen LogP contribution in [0.4, 0.5) is 5.13 Å². The molecule has 0 aliphatic carbocycles. The second-order valence-corrected chi connectivity index (χ2v) is 8.75. The van der Waals surface area contributed by atoms with Gasteiger partial charge in [-0.25, -0.2) is 4.98 Å². The van der Waals surface area contributed by atoms with Crippen molar-refractivity contribution in [1.29, 1.82) is 0 Å². The lowest BCUT2D eigenvalue weighted by molar-refractivity contribution is -0.135. The first kappa shape index (κ1) is 21.3. The quantitative estimate of drug-likeness (QED) is 0.633. The standard InChI is InChI=1S/C23H25N3O4S/c1-15-5-3-4-6-19(15)23(29)8-10-26(11-9-23)20(27)13-17-14-31-22(24-17)25-21(28)18-7-12-30-16(18)2/h3-7,12,14,29H,8-11,13H2,1-2H3,(H,24,25,28). The summed E-state index contributed by atoms with van der Waals surface area (Å²) in [5.74, 6) is 0.228. The van der Waals surface area contributed by atoms with Crippen LogP contribution in [-0.4, -0.2) is 39.9 Å². The van der Waals surface area contributed by atoms with Gasteiger partial charge in [0.25, 0.3) is 5.91 Å². The molecule has 1 aliphatic heterocycles.